The van der Waals surface area contributed by atoms with Gasteiger partial charge in [0.1, 0.15) is 6.10 Å². The highest BCUT2D eigenvalue weighted by molar-refractivity contribution is 7.86. The molecule has 4 fully saturated rings. The summed E-state index contributed by atoms with van der Waals surface area (Å²) in [5.41, 5.74) is 1.56. The number of aliphatic hydroxyl groups is 1. The number of allylic oxidation sites excluding steroid dienone is 2. The zero-order valence-corrected chi connectivity index (χ0v) is 27.8. The fourth-order valence-electron chi connectivity index (χ4n) is 10.2. The zero-order chi connectivity index (χ0) is 31.4. The Morgan fingerprint density at radius 1 is 1.10 bits per heavy atom. The monoisotopic (exact) mass is 608 g/mol. The molecular weight excluding hydrogens is 556 g/mol. The Hall–Kier alpha value is -1.71. The highest BCUT2D eigenvalue weighted by Crippen LogP contribution is 2.74. The lowest BCUT2D eigenvalue weighted by atomic mass is 9.36. The number of rotatable bonds is 7. The van der Waals surface area contributed by atoms with Crippen molar-refractivity contribution < 1.29 is 36.8 Å². The van der Waals surface area contributed by atoms with Gasteiger partial charge in [0.15, 0.2) is 0 Å². The third kappa shape index (κ3) is 5.51. The van der Waals surface area contributed by atoms with Gasteiger partial charge in [-0.2, -0.15) is 8.42 Å². The fraction of sp³-hybridized carbons (Fsp3) is 0.818. The fourth-order valence-corrected chi connectivity index (χ4v) is 10.9. The SMILES string of the molecule is COC(=O)/C(CCC=C(C)C)=C1\[C@@H](OC(C)=O)C[C@@]2(C)[C@@H]1C[C@@H](O)[C@]1(C)[C@H]2CCC2[C@H](C)[C@H](OS(C)(=O)=O)CC[C@@]21C. The minimum absolute atomic E-state index is 0.0304. The first-order valence-electron chi connectivity index (χ1n) is 15.6. The molecule has 4 rings (SSSR count). The van der Waals surface area contributed by atoms with Gasteiger partial charge in [-0.05, 0) is 105 Å². The van der Waals surface area contributed by atoms with Gasteiger partial charge in [0.2, 0.25) is 0 Å². The van der Waals surface area contributed by atoms with Crippen molar-refractivity contribution in [1.82, 2.24) is 0 Å². The third-order valence-corrected chi connectivity index (χ3v) is 12.7. The molecule has 0 radical (unpaired) electrons. The van der Waals surface area contributed by atoms with Crippen LogP contribution in [0.1, 0.15) is 99.8 Å². The highest BCUT2D eigenvalue weighted by atomic mass is 32.2. The summed E-state index contributed by atoms with van der Waals surface area (Å²) in [4.78, 5) is 25.6. The van der Waals surface area contributed by atoms with Gasteiger partial charge in [0, 0.05) is 17.9 Å². The first kappa shape index (κ1) is 33.2. The molecule has 0 bridgehead atoms. The second kappa shape index (κ2) is 11.7. The smallest absolute Gasteiger partial charge is 0.333 e. The molecule has 8 nitrogen and oxygen atoms in total. The van der Waals surface area contributed by atoms with Crippen LogP contribution >= 0.6 is 0 Å². The van der Waals surface area contributed by atoms with E-state index in [0.717, 1.165) is 36.7 Å². The summed E-state index contributed by atoms with van der Waals surface area (Å²) in [6, 6.07) is 0. The third-order valence-electron chi connectivity index (χ3n) is 12.1. The second-order valence-electron chi connectivity index (χ2n) is 14.5. The van der Waals surface area contributed by atoms with Crippen molar-refractivity contribution in [2.45, 2.75) is 118 Å². The number of fused-ring (bicyclic) bond motifs is 5. The van der Waals surface area contributed by atoms with Crippen LogP contribution in [0.2, 0.25) is 0 Å². The van der Waals surface area contributed by atoms with Gasteiger partial charge < -0.3 is 14.6 Å². The van der Waals surface area contributed by atoms with Gasteiger partial charge in [0.05, 0.1) is 25.6 Å². The number of ether oxygens (including phenoxy) is 2. The average Bonchev–Trinajstić information content (AvgIpc) is 3.14. The Kier molecular flexibility index (Phi) is 9.21. The topological polar surface area (TPSA) is 116 Å². The second-order valence-corrected chi connectivity index (χ2v) is 16.1. The molecule has 4 aliphatic carbocycles. The van der Waals surface area contributed by atoms with Crippen molar-refractivity contribution in [3.8, 4) is 0 Å². The molecule has 9 heteroatoms. The van der Waals surface area contributed by atoms with Crippen LogP contribution in [0.3, 0.4) is 0 Å². The first-order valence-corrected chi connectivity index (χ1v) is 17.4. The number of carbonyl (C=O) groups excluding carboxylic acids is 2. The summed E-state index contributed by atoms with van der Waals surface area (Å²) in [5.74, 6) is -0.562. The van der Waals surface area contributed by atoms with E-state index in [-0.39, 0.29) is 46.6 Å². The summed E-state index contributed by atoms with van der Waals surface area (Å²) in [6.07, 6.45) is 7.03. The molecule has 0 saturated heterocycles. The van der Waals surface area contributed by atoms with Gasteiger partial charge in [-0.15, -0.1) is 0 Å². The van der Waals surface area contributed by atoms with E-state index in [1.165, 1.54) is 14.0 Å². The van der Waals surface area contributed by atoms with Crippen LogP contribution in [0.4, 0.5) is 0 Å². The normalized spacial score (nSPS) is 42.5. The molecule has 10 atom stereocenters. The lowest BCUT2D eigenvalue weighted by Crippen LogP contribution is -2.67. The molecule has 0 aromatic heterocycles. The van der Waals surface area contributed by atoms with Crippen LogP contribution < -0.4 is 0 Å². The van der Waals surface area contributed by atoms with Crippen LogP contribution in [-0.4, -0.2) is 57.1 Å². The van der Waals surface area contributed by atoms with Crippen LogP contribution in [0.5, 0.6) is 0 Å². The minimum atomic E-state index is -3.57. The standard InChI is InChI=1S/C33H52O8S/c1-19(2)11-10-12-22(30(36)39-8)29-24-17-28(35)33(7)27(31(24,5)18-26(29)40-21(4)34)14-13-23-20(3)25(41-42(9,37)38)15-16-32(23,33)6/h11,20,23-28,35H,10,12-18H2,1-9H3/b29-22-/t20-,23?,24+,25+,26-,27-,28+,31-,32-,33-/m0/s1. The molecule has 4 saturated carbocycles. The van der Waals surface area contributed by atoms with Crippen molar-refractivity contribution in [2.24, 2.45) is 39.9 Å². The molecule has 0 aromatic carbocycles. The molecule has 238 valence electrons. The number of hydrogen-bond acceptors (Lipinski definition) is 8. The Morgan fingerprint density at radius 3 is 2.33 bits per heavy atom. The summed E-state index contributed by atoms with van der Waals surface area (Å²) in [7, 11) is -2.19. The molecule has 1 N–H and O–H groups in total. The average molecular weight is 609 g/mol. The summed E-state index contributed by atoms with van der Waals surface area (Å²) < 4.78 is 40.8. The van der Waals surface area contributed by atoms with Crippen molar-refractivity contribution >= 4 is 22.1 Å². The van der Waals surface area contributed by atoms with E-state index >= 15 is 0 Å². The molecule has 0 spiro atoms. The van der Waals surface area contributed by atoms with E-state index in [4.69, 9.17) is 13.7 Å². The highest BCUT2D eigenvalue weighted by Gasteiger charge is 2.71. The molecule has 4 aliphatic rings. The lowest BCUT2D eigenvalue weighted by molar-refractivity contribution is -0.245. The quantitative estimate of drug-likeness (QED) is 0.168. The first-order chi connectivity index (χ1) is 19.4. The number of aliphatic hydroxyl groups excluding tert-OH is 1. The van der Waals surface area contributed by atoms with Crippen molar-refractivity contribution in [3.05, 3.63) is 22.8 Å². The maximum absolute atomic E-state index is 13.3. The van der Waals surface area contributed by atoms with Crippen LogP contribution in [0.15, 0.2) is 22.8 Å². The van der Waals surface area contributed by atoms with Gasteiger partial charge >= 0.3 is 11.9 Å². The van der Waals surface area contributed by atoms with Crippen LogP contribution in [-0.2, 0) is 33.4 Å². The van der Waals surface area contributed by atoms with E-state index in [0.29, 0.717) is 37.7 Å². The summed E-state index contributed by atoms with van der Waals surface area (Å²) in [5, 5.41) is 12.2. The number of hydrogen-bond donors (Lipinski definition) is 1. The molecule has 42 heavy (non-hydrogen) atoms. The van der Waals surface area contributed by atoms with Crippen LogP contribution in [0.25, 0.3) is 0 Å². The molecule has 0 aromatic rings. The van der Waals surface area contributed by atoms with Crippen molar-refractivity contribution in [1.29, 1.82) is 0 Å². The molecule has 1 unspecified atom stereocenters. The Morgan fingerprint density at radius 2 is 1.76 bits per heavy atom. The van der Waals surface area contributed by atoms with Crippen LogP contribution in [0, 0.1) is 39.9 Å². The van der Waals surface area contributed by atoms with E-state index in [1.54, 1.807) is 0 Å². The molecule has 0 heterocycles. The lowest BCUT2D eigenvalue weighted by Gasteiger charge is -2.69. The van der Waals surface area contributed by atoms with E-state index in [1.807, 2.05) is 13.8 Å². The summed E-state index contributed by atoms with van der Waals surface area (Å²) >= 11 is 0. The van der Waals surface area contributed by atoms with Crippen molar-refractivity contribution in [3.63, 3.8) is 0 Å². The molecule has 0 aliphatic heterocycles. The molecule has 0 amide bonds. The van der Waals surface area contributed by atoms with E-state index in [2.05, 4.69) is 33.8 Å². The number of esters is 2. The maximum atomic E-state index is 13.3. The van der Waals surface area contributed by atoms with E-state index in [9.17, 15) is 23.1 Å². The van der Waals surface area contributed by atoms with Crippen molar-refractivity contribution in [2.75, 3.05) is 13.4 Å². The predicted octanol–water partition coefficient (Wildman–Crippen LogP) is 5.74. The minimum Gasteiger partial charge on any atom is -0.466 e. The Bertz CT molecular complexity index is 1250. The molecular formula is C33H52O8S. The predicted molar refractivity (Wildman–Crippen MR) is 161 cm³/mol. The Labute approximate surface area is 252 Å². The van der Waals surface area contributed by atoms with Gasteiger partial charge in [0.25, 0.3) is 10.1 Å². The largest absolute Gasteiger partial charge is 0.466 e. The van der Waals surface area contributed by atoms with Gasteiger partial charge in [-0.3, -0.25) is 8.98 Å². The maximum Gasteiger partial charge on any atom is 0.333 e. The zero-order valence-electron chi connectivity index (χ0n) is 27.0. The van der Waals surface area contributed by atoms with Gasteiger partial charge in [-0.1, -0.05) is 39.3 Å². The number of carbonyl (C=O) groups is 2. The summed E-state index contributed by atoms with van der Waals surface area (Å²) in [6.45, 7) is 14.4. The van der Waals surface area contributed by atoms with Gasteiger partial charge in [-0.25, -0.2) is 4.79 Å². The Balaban J connectivity index is 1.79. The van der Waals surface area contributed by atoms with E-state index < -0.39 is 33.7 Å². The number of methoxy groups -OCH3 is 1.